The molecule has 0 spiro atoms. The third kappa shape index (κ3) is 3.12. The van der Waals surface area contributed by atoms with E-state index in [4.69, 9.17) is 0 Å². The molecule has 1 unspecified atom stereocenters. The van der Waals surface area contributed by atoms with Gasteiger partial charge in [0.25, 0.3) is 0 Å². The number of alkyl halides is 3. The smallest absolute Gasteiger partial charge is 0.366 e. The fourth-order valence-electron chi connectivity index (χ4n) is 1.76. The summed E-state index contributed by atoms with van der Waals surface area (Å²) < 4.78 is 59.3. The summed E-state index contributed by atoms with van der Waals surface area (Å²) >= 11 is 0. The van der Waals surface area contributed by atoms with Crippen molar-refractivity contribution in [3.63, 3.8) is 0 Å². The molecule has 0 saturated carbocycles. The third-order valence-corrected chi connectivity index (χ3v) is 4.44. The zero-order chi connectivity index (χ0) is 13.4. The Morgan fingerprint density at radius 2 is 2.06 bits per heavy atom. The Morgan fingerprint density at radius 3 is 2.50 bits per heavy atom. The second-order valence-corrected chi connectivity index (χ2v) is 6.40. The van der Waals surface area contributed by atoms with Crippen molar-refractivity contribution in [1.29, 1.82) is 0 Å². The van der Waals surface area contributed by atoms with Crippen LogP contribution in [0.15, 0.2) is 18.3 Å². The second kappa shape index (κ2) is 4.42. The SMILES string of the molecule is O=S1(=O)CCC(Nc2ccc(C(F)(F)F)cn2)C1. The fourth-order valence-corrected chi connectivity index (χ4v) is 3.44. The number of nitrogens with zero attached hydrogens (tertiary/aromatic N) is 1. The number of aromatic nitrogens is 1. The molecule has 1 aromatic heterocycles. The lowest BCUT2D eigenvalue weighted by Gasteiger charge is -2.12. The monoisotopic (exact) mass is 280 g/mol. The molecule has 18 heavy (non-hydrogen) atoms. The Hall–Kier alpha value is -1.31. The van der Waals surface area contributed by atoms with E-state index in [1.807, 2.05) is 0 Å². The minimum atomic E-state index is -4.41. The van der Waals surface area contributed by atoms with Gasteiger partial charge >= 0.3 is 6.18 Å². The lowest BCUT2D eigenvalue weighted by molar-refractivity contribution is -0.137. The summed E-state index contributed by atoms with van der Waals surface area (Å²) in [5.41, 5.74) is -0.827. The third-order valence-electron chi connectivity index (χ3n) is 2.68. The molecule has 0 amide bonds. The topological polar surface area (TPSA) is 59.1 Å². The number of halogens is 3. The van der Waals surface area contributed by atoms with E-state index in [1.54, 1.807) is 0 Å². The van der Waals surface area contributed by atoms with Gasteiger partial charge < -0.3 is 5.32 Å². The van der Waals surface area contributed by atoms with Crippen LogP contribution in [0.1, 0.15) is 12.0 Å². The molecule has 1 aliphatic heterocycles. The van der Waals surface area contributed by atoms with Crippen molar-refractivity contribution in [3.8, 4) is 0 Å². The van der Waals surface area contributed by atoms with E-state index in [0.29, 0.717) is 6.42 Å². The van der Waals surface area contributed by atoms with Crippen molar-refractivity contribution in [2.45, 2.75) is 18.6 Å². The minimum Gasteiger partial charge on any atom is -0.366 e. The van der Waals surface area contributed by atoms with Gasteiger partial charge in [0.2, 0.25) is 0 Å². The fraction of sp³-hybridized carbons (Fsp3) is 0.500. The van der Waals surface area contributed by atoms with Crippen LogP contribution in [0.25, 0.3) is 0 Å². The molecule has 1 fully saturated rings. The van der Waals surface area contributed by atoms with E-state index >= 15 is 0 Å². The number of hydrogen-bond acceptors (Lipinski definition) is 4. The summed E-state index contributed by atoms with van der Waals surface area (Å²) in [7, 11) is -3.02. The van der Waals surface area contributed by atoms with Gasteiger partial charge in [0.1, 0.15) is 5.82 Å². The van der Waals surface area contributed by atoms with Crippen LogP contribution in [-0.4, -0.2) is 30.9 Å². The van der Waals surface area contributed by atoms with Crippen molar-refractivity contribution in [3.05, 3.63) is 23.9 Å². The van der Waals surface area contributed by atoms with Crippen molar-refractivity contribution in [2.24, 2.45) is 0 Å². The van der Waals surface area contributed by atoms with Crippen LogP contribution >= 0.6 is 0 Å². The Morgan fingerprint density at radius 1 is 1.33 bits per heavy atom. The molecule has 8 heteroatoms. The first-order chi connectivity index (χ1) is 8.26. The van der Waals surface area contributed by atoms with Crippen LogP contribution in [0.2, 0.25) is 0 Å². The van der Waals surface area contributed by atoms with Crippen LogP contribution < -0.4 is 5.32 Å². The second-order valence-electron chi connectivity index (χ2n) is 4.17. The molecule has 0 aromatic carbocycles. The van der Waals surface area contributed by atoms with Crippen LogP contribution in [0.3, 0.4) is 0 Å². The maximum atomic E-state index is 12.3. The molecule has 1 atom stereocenters. The number of pyridine rings is 1. The van der Waals surface area contributed by atoms with Crippen LogP contribution in [-0.2, 0) is 16.0 Å². The Kier molecular flexibility index (Phi) is 3.22. The average molecular weight is 280 g/mol. The summed E-state index contributed by atoms with van der Waals surface area (Å²) in [4.78, 5) is 3.63. The quantitative estimate of drug-likeness (QED) is 0.895. The van der Waals surface area contributed by atoms with E-state index in [0.717, 1.165) is 12.3 Å². The normalized spacial score (nSPS) is 22.9. The zero-order valence-electron chi connectivity index (χ0n) is 9.24. The van der Waals surface area contributed by atoms with E-state index in [9.17, 15) is 21.6 Å². The molecule has 100 valence electrons. The standard InChI is InChI=1S/C10H11F3N2O2S/c11-10(12,13)7-1-2-9(14-5-7)15-8-3-4-18(16,17)6-8/h1-2,5,8H,3-4,6H2,(H,14,15). The molecule has 1 saturated heterocycles. The van der Waals surface area contributed by atoms with Crippen molar-refractivity contribution >= 4 is 15.7 Å². The van der Waals surface area contributed by atoms with Gasteiger partial charge in [-0.1, -0.05) is 0 Å². The predicted molar refractivity (Wildman–Crippen MR) is 59.9 cm³/mol. The molecular formula is C10H11F3N2O2S. The van der Waals surface area contributed by atoms with Gasteiger partial charge in [-0.3, -0.25) is 0 Å². The van der Waals surface area contributed by atoms with Gasteiger partial charge in [0.05, 0.1) is 17.1 Å². The van der Waals surface area contributed by atoms with Gasteiger partial charge in [0.15, 0.2) is 9.84 Å². The lowest BCUT2D eigenvalue weighted by atomic mass is 10.2. The molecule has 1 N–H and O–H groups in total. The minimum absolute atomic E-state index is 0.00426. The predicted octanol–water partition coefficient (Wildman–Crippen LogP) is 1.70. The van der Waals surface area contributed by atoms with Crippen molar-refractivity contribution in [1.82, 2.24) is 4.98 Å². The Bertz CT molecular complexity index is 525. The van der Waals surface area contributed by atoms with Crippen molar-refractivity contribution < 1.29 is 21.6 Å². The van der Waals surface area contributed by atoms with Gasteiger partial charge in [0, 0.05) is 12.2 Å². The molecular weight excluding hydrogens is 269 g/mol. The summed E-state index contributed by atoms with van der Waals surface area (Å²) in [6.07, 6.45) is -3.24. The first-order valence-corrected chi connectivity index (χ1v) is 7.09. The van der Waals surface area contributed by atoms with Gasteiger partial charge in [-0.05, 0) is 18.6 Å². The zero-order valence-corrected chi connectivity index (χ0v) is 10.1. The Balaban J connectivity index is 2.04. The number of rotatable bonds is 2. The van der Waals surface area contributed by atoms with Gasteiger partial charge in [-0.15, -0.1) is 0 Å². The number of hydrogen-bond donors (Lipinski definition) is 1. The van der Waals surface area contributed by atoms with E-state index in [-0.39, 0.29) is 23.4 Å². The Labute approximate surface area is 102 Å². The molecule has 2 rings (SSSR count). The molecule has 4 nitrogen and oxygen atoms in total. The average Bonchev–Trinajstić information content (AvgIpc) is 2.57. The molecule has 0 radical (unpaired) electrons. The summed E-state index contributed by atoms with van der Waals surface area (Å²) in [5, 5.41) is 2.82. The molecule has 1 aromatic rings. The van der Waals surface area contributed by atoms with Gasteiger partial charge in [-0.25, -0.2) is 13.4 Å². The molecule has 1 aliphatic rings. The highest BCUT2D eigenvalue weighted by Crippen LogP contribution is 2.29. The van der Waals surface area contributed by atoms with Crippen molar-refractivity contribution in [2.75, 3.05) is 16.8 Å². The number of nitrogens with one attached hydrogen (secondary N) is 1. The first kappa shape index (κ1) is 13.1. The van der Waals surface area contributed by atoms with Crippen LogP contribution in [0.5, 0.6) is 0 Å². The molecule has 0 bridgehead atoms. The van der Waals surface area contributed by atoms with E-state index < -0.39 is 21.6 Å². The number of anilines is 1. The summed E-state index contributed by atoms with van der Waals surface area (Å²) in [5.74, 6) is 0.353. The first-order valence-electron chi connectivity index (χ1n) is 5.26. The highest BCUT2D eigenvalue weighted by atomic mass is 32.2. The van der Waals surface area contributed by atoms with Crippen LogP contribution in [0.4, 0.5) is 19.0 Å². The summed E-state index contributed by atoms with van der Waals surface area (Å²) in [6.45, 7) is 0. The maximum absolute atomic E-state index is 12.3. The largest absolute Gasteiger partial charge is 0.417 e. The molecule has 2 heterocycles. The highest BCUT2D eigenvalue weighted by molar-refractivity contribution is 7.91. The highest BCUT2D eigenvalue weighted by Gasteiger charge is 2.31. The summed E-state index contributed by atoms with van der Waals surface area (Å²) in [6, 6.07) is 1.84. The van der Waals surface area contributed by atoms with Gasteiger partial charge in [-0.2, -0.15) is 13.2 Å². The number of sulfone groups is 1. The maximum Gasteiger partial charge on any atom is 0.417 e. The lowest BCUT2D eigenvalue weighted by Crippen LogP contribution is -2.21. The van der Waals surface area contributed by atoms with E-state index in [2.05, 4.69) is 10.3 Å². The van der Waals surface area contributed by atoms with E-state index in [1.165, 1.54) is 6.07 Å². The van der Waals surface area contributed by atoms with Crippen LogP contribution in [0, 0.1) is 0 Å². The molecule has 0 aliphatic carbocycles.